The number of hydrogen-bond donors (Lipinski definition) is 2. The smallest absolute Gasteiger partial charge is 0.255 e. The Labute approximate surface area is 164 Å². The average molecular weight is 379 g/mol. The van der Waals surface area contributed by atoms with Crippen molar-refractivity contribution in [3.8, 4) is 0 Å². The number of carbonyl (C=O) groups is 3. The number of anilines is 2. The van der Waals surface area contributed by atoms with Gasteiger partial charge in [0.1, 0.15) is 0 Å². The van der Waals surface area contributed by atoms with Gasteiger partial charge in [0.15, 0.2) is 0 Å². The van der Waals surface area contributed by atoms with Gasteiger partial charge in [0, 0.05) is 30.3 Å². The lowest BCUT2D eigenvalue weighted by Gasteiger charge is -2.17. The van der Waals surface area contributed by atoms with Crippen LogP contribution in [0, 0.1) is 0 Å². The van der Waals surface area contributed by atoms with Crippen LogP contribution in [0.5, 0.6) is 0 Å². The number of rotatable bonds is 6. The maximum absolute atomic E-state index is 12.8. The van der Waals surface area contributed by atoms with E-state index >= 15 is 0 Å². The van der Waals surface area contributed by atoms with E-state index in [-0.39, 0.29) is 23.8 Å². The van der Waals surface area contributed by atoms with Gasteiger partial charge >= 0.3 is 0 Å². The lowest BCUT2D eigenvalue weighted by molar-refractivity contribution is -0.117. The van der Waals surface area contributed by atoms with Crippen LogP contribution < -0.4 is 15.5 Å². The molecule has 1 aliphatic heterocycles. The van der Waals surface area contributed by atoms with Gasteiger partial charge in [-0.3, -0.25) is 14.4 Å². The van der Waals surface area contributed by atoms with E-state index < -0.39 is 0 Å². The zero-order chi connectivity index (χ0) is 20.1. The molecule has 0 radical (unpaired) electrons. The van der Waals surface area contributed by atoms with Crippen LogP contribution in [0.15, 0.2) is 48.5 Å². The second-order valence-corrected chi connectivity index (χ2v) is 6.98. The molecule has 2 aromatic carbocycles. The Morgan fingerprint density at radius 2 is 1.89 bits per heavy atom. The van der Waals surface area contributed by atoms with E-state index in [2.05, 4.69) is 10.6 Å². The zero-order valence-corrected chi connectivity index (χ0v) is 16.2. The van der Waals surface area contributed by atoms with Crippen molar-refractivity contribution in [1.82, 2.24) is 5.32 Å². The van der Waals surface area contributed by atoms with E-state index in [0.717, 1.165) is 18.5 Å². The number of carbonyl (C=O) groups excluding carboxylic acids is 3. The van der Waals surface area contributed by atoms with Gasteiger partial charge in [-0.15, -0.1) is 0 Å². The Bertz CT molecular complexity index is 894. The first-order chi connectivity index (χ1) is 13.5. The lowest BCUT2D eigenvalue weighted by atomic mass is 10.1. The van der Waals surface area contributed by atoms with Crippen molar-refractivity contribution in [1.29, 1.82) is 0 Å². The normalized spacial score (nSPS) is 14.6. The number of hydrogen-bond acceptors (Lipinski definition) is 3. The van der Waals surface area contributed by atoms with Crippen LogP contribution >= 0.6 is 0 Å². The first kappa shape index (κ1) is 19.6. The number of amides is 3. The third kappa shape index (κ3) is 4.39. The Kier molecular flexibility index (Phi) is 6.09. The topological polar surface area (TPSA) is 78.5 Å². The van der Waals surface area contributed by atoms with Gasteiger partial charge in [0.25, 0.3) is 11.8 Å². The summed E-state index contributed by atoms with van der Waals surface area (Å²) < 4.78 is 0. The molecule has 1 heterocycles. The fourth-order valence-electron chi connectivity index (χ4n) is 3.12. The van der Waals surface area contributed by atoms with E-state index in [0.29, 0.717) is 29.8 Å². The first-order valence-corrected chi connectivity index (χ1v) is 9.61. The van der Waals surface area contributed by atoms with Gasteiger partial charge in [0.05, 0.1) is 11.3 Å². The third-order valence-corrected chi connectivity index (χ3v) is 4.90. The van der Waals surface area contributed by atoms with E-state index in [1.165, 1.54) is 0 Å². The Morgan fingerprint density at radius 3 is 2.61 bits per heavy atom. The fraction of sp³-hybridized carbons (Fsp3) is 0.318. The molecule has 1 aliphatic rings. The SMILES string of the molecule is CC[C@@H](C)NC(=O)c1ccccc1NC(=O)c1cccc(N2CCCC2=O)c1. The van der Waals surface area contributed by atoms with Gasteiger partial charge in [-0.25, -0.2) is 0 Å². The molecule has 0 saturated carbocycles. The zero-order valence-electron chi connectivity index (χ0n) is 16.2. The summed E-state index contributed by atoms with van der Waals surface area (Å²) in [7, 11) is 0. The molecule has 0 unspecified atom stereocenters. The molecule has 2 N–H and O–H groups in total. The van der Waals surface area contributed by atoms with Crippen LogP contribution in [-0.2, 0) is 4.79 Å². The third-order valence-electron chi connectivity index (χ3n) is 4.90. The molecule has 0 spiro atoms. The molecule has 28 heavy (non-hydrogen) atoms. The molecular weight excluding hydrogens is 354 g/mol. The summed E-state index contributed by atoms with van der Waals surface area (Å²) in [6.45, 7) is 4.60. The van der Waals surface area contributed by atoms with Crippen LogP contribution in [0.1, 0.15) is 53.8 Å². The molecule has 3 amide bonds. The predicted molar refractivity (Wildman–Crippen MR) is 110 cm³/mol. The lowest BCUT2D eigenvalue weighted by Crippen LogP contribution is -2.32. The minimum Gasteiger partial charge on any atom is -0.350 e. The van der Waals surface area contributed by atoms with E-state index in [4.69, 9.17) is 0 Å². The molecule has 3 rings (SSSR count). The van der Waals surface area contributed by atoms with Crippen molar-refractivity contribution in [3.05, 3.63) is 59.7 Å². The summed E-state index contributed by atoms with van der Waals surface area (Å²) in [5.41, 5.74) is 2.03. The van der Waals surface area contributed by atoms with Gasteiger partial charge in [-0.2, -0.15) is 0 Å². The van der Waals surface area contributed by atoms with Crippen molar-refractivity contribution in [2.45, 2.75) is 39.2 Å². The summed E-state index contributed by atoms with van der Waals surface area (Å²) in [6, 6.07) is 14.0. The van der Waals surface area contributed by atoms with Gasteiger partial charge in [-0.05, 0) is 50.1 Å². The van der Waals surface area contributed by atoms with Crippen LogP contribution in [0.25, 0.3) is 0 Å². The van der Waals surface area contributed by atoms with Crippen LogP contribution in [-0.4, -0.2) is 30.3 Å². The Balaban J connectivity index is 1.79. The predicted octanol–water partition coefficient (Wildman–Crippen LogP) is 3.59. The Hall–Kier alpha value is -3.15. The second kappa shape index (κ2) is 8.69. The minimum absolute atomic E-state index is 0.0472. The largest absolute Gasteiger partial charge is 0.350 e. The molecule has 1 saturated heterocycles. The summed E-state index contributed by atoms with van der Waals surface area (Å²) in [5, 5.41) is 5.74. The van der Waals surface area contributed by atoms with Gasteiger partial charge in [0.2, 0.25) is 5.91 Å². The van der Waals surface area contributed by atoms with Crippen molar-refractivity contribution >= 4 is 29.1 Å². The molecule has 0 aromatic heterocycles. The molecule has 6 nitrogen and oxygen atoms in total. The molecule has 1 fully saturated rings. The molecule has 6 heteroatoms. The monoisotopic (exact) mass is 379 g/mol. The van der Waals surface area contributed by atoms with Crippen molar-refractivity contribution in [3.63, 3.8) is 0 Å². The Morgan fingerprint density at radius 1 is 1.11 bits per heavy atom. The van der Waals surface area contributed by atoms with E-state index in [1.807, 2.05) is 19.9 Å². The fourth-order valence-corrected chi connectivity index (χ4v) is 3.12. The van der Waals surface area contributed by atoms with Crippen molar-refractivity contribution in [2.75, 3.05) is 16.8 Å². The minimum atomic E-state index is -0.322. The molecule has 146 valence electrons. The number of benzene rings is 2. The summed E-state index contributed by atoms with van der Waals surface area (Å²) >= 11 is 0. The van der Waals surface area contributed by atoms with Crippen molar-refractivity contribution < 1.29 is 14.4 Å². The maximum atomic E-state index is 12.8. The highest BCUT2D eigenvalue weighted by Crippen LogP contribution is 2.23. The standard InChI is InChI=1S/C22H25N3O3/c1-3-15(2)23-22(28)18-10-4-5-11-19(18)24-21(27)16-8-6-9-17(14-16)25-13-7-12-20(25)26/h4-6,8-11,14-15H,3,7,12-13H2,1-2H3,(H,23,28)(H,24,27)/t15-/m1/s1. The molecule has 2 aromatic rings. The summed E-state index contributed by atoms with van der Waals surface area (Å²) in [4.78, 5) is 38.9. The first-order valence-electron chi connectivity index (χ1n) is 9.61. The highest BCUT2D eigenvalue weighted by atomic mass is 16.2. The second-order valence-electron chi connectivity index (χ2n) is 6.98. The summed E-state index contributed by atoms with van der Waals surface area (Å²) in [6.07, 6.45) is 2.19. The van der Waals surface area contributed by atoms with Gasteiger partial charge in [-0.1, -0.05) is 25.1 Å². The number of nitrogens with zero attached hydrogens (tertiary/aromatic N) is 1. The molecular formula is C22H25N3O3. The number of nitrogens with one attached hydrogen (secondary N) is 2. The highest BCUT2D eigenvalue weighted by Gasteiger charge is 2.22. The van der Waals surface area contributed by atoms with E-state index in [9.17, 15) is 14.4 Å². The maximum Gasteiger partial charge on any atom is 0.255 e. The quantitative estimate of drug-likeness (QED) is 0.805. The van der Waals surface area contributed by atoms with Crippen molar-refractivity contribution in [2.24, 2.45) is 0 Å². The van der Waals surface area contributed by atoms with Crippen LogP contribution in [0.3, 0.4) is 0 Å². The number of para-hydroxylation sites is 1. The molecule has 1 atom stereocenters. The molecule has 0 bridgehead atoms. The van der Waals surface area contributed by atoms with Gasteiger partial charge < -0.3 is 15.5 Å². The molecule has 0 aliphatic carbocycles. The van der Waals surface area contributed by atoms with Crippen LogP contribution in [0.2, 0.25) is 0 Å². The van der Waals surface area contributed by atoms with Crippen LogP contribution in [0.4, 0.5) is 11.4 Å². The highest BCUT2D eigenvalue weighted by molar-refractivity contribution is 6.09. The van der Waals surface area contributed by atoms with E-state index in [1.54, 1.807) is 47.4 Å². The average Bonchev–Trinajstić information content (AvgIpc) is 3.14. The summed E-state index contributed by atoms with van der Waals surface area (Å²) in [5.74, 6) is -0.469.